The minimum atomic E-state index is -0.251. The zero-order valence-electron chi connectivity index (χ0n) is 12.1. The number of hydrogen-bond acceptors (Lipinski definition) is 2. The van der Waals surface area contributed by atoms with Gasteiger partial charge < -0.3 is 10.1 Å². The topological polar surface area (TPSA) is 21.3 Å². The first-order valence-electron chi connectivity index (χ1n) is 7.18. The van der Waals surface area contributed by atoms with Crippen LogP contribution >= 0.6 is 0 Å². The van der Waals surface area contributed by atoms with Gasteiger partial charge >= 0.3 is 0 Å². The van der Waals surface area contributed by atoms with Gasteiger partial charge in [0.1, 0.15) is 0 Å². The van der Waals surface area contributed by atoms with E-state index in [-0.39, 0.29) is 11.9 Å². The smallest absolute Gasteiger partial charge is 0.165 e. The van der Waals surface area contributed by atoms with Crippen LogP contribution in [-0.2, 0) is 6.54 Å². The van der Waals surface area contributed by atoms with Crippen molar-refractivity contribution in [1.82, 2.24) is 5.32 Å². The van der Waals surface area contributed by atoms with Crippen LogP contribution in [0.25, 0.3) is 0 Å². The van der Waals surface area contributed by atoms with Gasteiger partial charge in [0.2, 0.25) is 0 Å². The van der Waals surface area contributed by atoms with Crippen molar-refractivity contribution in [3.05, 3.63) is 29.6 Å². The first kappa shape index (κ1) is 14.3. The fourth-order valence-corrected chi connectivity index (χ4v) is 3.10. The lowest BCUT2D eigenvalue weighted by atomic mass is 9.82. The fraction of sp³-hybridized carbons (Fsp3) is 0.625. The van der Waals surface area contributed by atoms with E-state index in [0.29, 0.717) is 24.1 Å². The minimum Gasteiger partial charge on any atom is -0.487 e. The molecule has 0 aliphatic heterocycles. The molecule has 2 atom stereocenters. The van der Waals surface area contributed by atoms with E-state index in [4.69, 9.17) is 4.74 Å². The molecule has 0 radical (unpaired) electrons. The number of ether oxygens (including phenoxy) is 1. The molecule has 1 aromatic carbocycles. The summed E-state index contributed by atoms with van der Waals surface area (Å²) in [5, 5.41) is 3.02. The molecule has 0 spiro atoms. The van der Waals surface area contributed by atoms with E-state index in [1.807, 2.05) is 13.1 Å². The highest BCUT2D eigenvalue weighted by Crippen LogP contribution is 2.32. The van der Waals surface area contributed by atoms with Crippen molar-refractivity contribution in [2.75, 3.05) is 7.05 Å². The Hall–Kier alpha value is -1.09. The molecular formula is C16H24FNO. The lowest BCUT2D eigenvalue weighted by Gasteiger charge is -2.31. The third-order valence-corrected chi connectivity index (χ3v) is 3.81. The van der Waals surface area contributed by atoms with Gasteiger partial charge in [-0.15, -0.1) is 0 Å². The molecule has 19 heavy (non-hydrogen) atoms. The van der Waals surface area contributed by atoms with Gasteiger partial charge in [-0.25, -0.2) is 4.39 Å². The molecule has 1 saturated carbocycles. The second-order valence-corrected chi connectivity index (χ2v) is 5.95. The molecular weight excluding hydrogens is 241 g/mol. The molecule has 0 aromatic heterocycles. The molecule has 0 bridgehead atoms. The minimum absolute atomic E-state index is 0.156. The third-order valence-electron chi connectivity index (χ3n) is 3.81. The van der Waals surface area contributed by atoms with E-state index >= 15 is 0 Å². The van der Waals surface area contributed by atoms with Crippen molar-refractivity contribution in [3.63, 3.8) is 0 Å². The Labute approximate surface area is 115 Å². The van der Waals surface area contributed by atoms with Gasteiger partial charge in [0.15, 0.2) is 11.6 Å². The summed E-state index contributed by atoms with van der Waals surface area (Å²) in [5.74, 6) is 1.48. The SMILES string of the molecule is CNCc1ccc(OC2CC(C)CC(C)C2)c(F)c1. The molecule has 0 saturated heterocycles. The number of nitrogens with one attached hydrogen (secondary N) is 1. The average molecular weight is 265 g/mol. The van der Waals surface area contributed by atoms with Crippen molar-refractivity contribution in [1.29, 1.82) is 0 Å². The van der Waals surface area contributed by atoms with E-state index in [1.165, 1.54) is 6.42 Å². The van der Waals surface area contributed by atoms with Crippen molar-refractivity contribution < 1.29 is 9.13 Å². The highest BCUT2D eigenvalue weighted by Gasteiger charge is 2.25. The zero-order valence-corrected chi connectivity index (χ0v) is 12.1. The molecule has 0 heterocycles. The van der Waals surface area contributed by atoms with Gasteiger partial charge in [-0.2, -0.15) is 0 Å². The Morgan fingerprint density at radius 2 is 1.89 bits per heavy atom. The van der Waals surface area contributed by atoms with Crippen molar-refractivity contribution in [2.24, 2.45) is 11.8 Å². The lowest BCUT2D eigenvalue weighted by molar-refractivity contribution is 0.0970. The lowest BCUT2D eigenvalue weighted by Crippen LogP contribution is -2.28. The number of halogens is 1. The molecule has 1 fully saturated rings. The summed E-state index contributed by atoms with van der Waals surface area (Å²) in [5.41, 5.74) is 0.942. The molecule has 2 unspecified atom stereocenters. The Morgan fingerprint density at radius 3 is 2.47 bits per heavy atom. The van der Waals surface area contributed by atoms with Crippen LogP contribution in [0, 0.1) is 17.7 Å². The summed E-state index contributed by atoms with van der Waals surface area (Å²) >= 11 is 0. The van der Waals surface area contributed by atoms with E-state index < -0.39 is 0 Å². The Morgan fingerprint density at radius 1 is 1.21 bits per heavy atom. The van der Waals surface area contributed by atoms with Gasteiger partial charge in [-0.1, -0.05) is 19.9 Å². The van der Waals surface area contributed by atoms with Crippen LogP contribution in [-0.4, -0.2) is 13.2 Å². The Bertz CT molecular complexity index is 411. The molecule has 1 aliphatic carbocycles. The summed E-state index contributed by atoms with van der Waals surface area (Å²) < 4.78 is 19.8. The van der Waals surface area contributed by atoms with E-state index in [1.54, 1.807) is 12.1 Å². The van der Waals surface area contributed by atoms with E-state index in [9.17, 15) is 4.39 Å². The van der Waals surface area contributed by atoms with Crippen molar-refractivity contribution in [3.8, 4) is 5.75 Å². The van der Waals surface area contributed by atoms with Crippen LogP contribution in [0.2, 0.25) is 0 Å². The van der Waals surface area contributed by atoms with Crippen LogP contribution in [0.15, 0.2) is 18.2 Å². The summed E-state index contributed by atoms with van der Waals surface area (Å²) in [6.07, 6.45) is 3.47. The van der Waals surface area contributed by atoms with Crippen LogP contribution in [0.3, 0.4) is 0 Å². The van der Waals surface area contributed by atoms with E-state index in [0.717, 1.165) is 18.4 Å². The second-order valence-electron chi connectivity index (χ2n) is 5.95. The van der Waals surface area contributed by atoms with Crippen LogP contribution in [0.4, 0.5) is 4.39 Å². The van der Waals surface area contributed by atoms with E-state index in [2.05, 4.69) is 19.2 Å². The standard InChI is InChI=1S/C16H24FNO/c1-11-6-12(2)8-14(7-11)19-16-5-4-13(10-18-3)9-15(16)17/h4-5,9,11-12,14,18H,6-8,10H2,1-3H3. The number of hydrogen-bond donors (Lipinski definition) is 1. The quantitative estimate of drug-likeness (QED) is 0.895. The summed E-state index contributed by atoms with van der Waals surface area (Å²) in [6, 6.07) is 5.23. The Balaban J connectivity index is 2.02. The van der Waals surface area contributed by atoms with Crippen molar-refractivity contribution >= 4 is 0 Å². The molecule has 106 valence electrons. The molecule has 1 aliphatic rings. The number of benzene rings is 1. The fourth-order valence-electron chi connectivity index (χ4n) is 3.10. The largest absolute Gasteiger partial charge is 0.487 e. The van der Waals surface area contributed by atoms with Gasteiger partial charge in [0.05, 0.1) is 6.10 Å². The highest BCUT2D eigenvalue weighted by molar-refractivity contribution is 5.29. The molecule has 1 aromatic rings. The maximum Gasteiger partial charge on any atom is 0.165 e. The molecule has 2 nitrogen and oxygen atoms in total. The average Bonchev–Trinajstić information content (AvgIpc) is 2.32. The first-order chi connectivity index (χ1) is 9.08. The van der Waals surface area contributed by atoms with Crippen LogP contribution < -0.4 is 10.1 Å². The summed E-state index contributed by atoms with van der Waals surface area (Å²) in [4.78, 5) is 0. The highest BCUT2D eigenvalue weighted by atomic mass is 19.1. The van der Waals surface area contributed by atoms with Crippen LogP contribution in [0.5, 0.6) is 5.75 Å². The summed E-state index contributed by atoms with van der Waals surface area (Å²) in [6.45, 7) is 5.17. The maximum atomic E-state index is 14.0. The number of rotatable bonds is 4. The van der Waals surface area contributed by atoms with Gasteiger partial charge in [0, 0.05) is 6.54 Å². The molecule has 1 N–H and O–H groups in total. The summed E-state index contributed by atoms with van der Waals surface area (Å²) in [7, 11) is 1.85. The van der Waals surface area contributed by atoms with Gasteiger partial charge in [-0.05, 0) is 55.8 Å². The molecule has 2 rings (SSSR count). The van der Waals surface area contributed by atoms with Crippen LogP contribution in [0.1, 0.15) is 38.7 Å². The zero-order chi connectivity index (χ0) is 13.8. The monoisotopic (exact) mass is 265 g/mol. The van der Waals surface area contributed by atoms with Crippen molar-refractivity contribution in [2.45, 2.75) is 45.8 Å². The normalized spacial score (nSPS) is 27.3. The maximum absolute atomic E-state index is 14.0. The van der Waals surface area contributed by atoms with Gasteiger partial charge in [0.25, 0.3) is 0 Å². The molecule has 3 heteroatoms. The van der Waals surface area contributed by atoms with Gasteiger partial charge in [-0.3, -0.25) is 0 Å². The molecule has 0 amide bonds. The first-order valence-corrected chi connectivity index (χ1v) is 7.18. The third kappa shape index (κ3) is 3.93. The predicted molar refractivity (Wildman–Crippen MR) is 75.8 cm³/mol. The Kier molecular flexibility index (Phi) is 4.81. The predicted octanol–water partition coefficient (Wildman–Crippen LogP) is 3.75. The second kappa shape index (κ2) is 6.38.